The van der Waals surface area contributed by atoms with Crippen LogP contribution in [-0.4, -0.2) is 34.6 Å². The molecule has 0 saturated heterocycles. The molecule has 2 aromatic carbocycles. The molecule has 1 amide bonds. The Morgan fingerprint density at radius 3 is 2.42 bits per heavy atom. The Hall–Kier alpha value is -3.63. The number of rotatable bonds is 10. The first-order valence-corrected chi connectivity index (χ1v) is 11.2. The summed E-state index contributed by atoms with van der Waals surface area (Å²) in [5, 5.41) is 21.1. The van der Waals surface area contributed by atoms with Gasteiger partial charge < -0.3 is 10.6 Å². The van der Waals surface area contributed by atoms with Crippen LogP contribution in [0.3, 0.4) is 0 Å². The van der Waals surface area contributed by atoms with Crippen LogP contribution < -0.4 is 10.6 Å². The van der Waals surface area contributed by atoms with Crippen molar-refractivity contribution < 1.29 is 9.59 Å². The fourth-order valence-electron chi connectivity index (χ4n) is 3.30. The summed E-state index contributed by atoms with van der Waals surface area (Å²) < 4.78 is 1.55. The lowest BCUT2D eigenvalue weighted by atomic mass is 10.0. The molecule has 1 aromatic heterocycles. The Bertz CT molecular complexity index is 1160. The Labute approximate surface area is 198 Å². The predicted octanol–water partition coefficient (Wildman–Crippen LogP) is 4.66. The number of nitrogens with one attached hydrogen (secondary N) is 2. The van der Waals surface area contributed by atoms with Gasteiger partial charge in [-0.25, -0.2) is 4.68 Å². The number of aryl methyl sites for hydroxylation is 1. The van der Waals surface area contributed by atoms with Gasteiger partial charge in [-0.15, -0.1) is 0 Å². The van der Waals surface area contributed by atoms with Gasteiger partial charge in [0.05, 0.1) is 5.69 Å². The third kappa shape index (κ3) is 5.99. The number of hydrogen-bond acceptors (Lipinski definition) is 5. The number of carbonyl (C=O) groups is 2. The van der Waals surface area contributed by atoms with Crippen LogP contribution in [0.4, 0.5) is 5.82 Å². The van der Waals surface area contributed by atoms with E-state index in [1.54, 1.807) is 41.1 Å². The van der Waals surface area contributed by atoms with Crippen molar-refractivity contribution in [2.45, 2.75) is 33.1 Å². The highest BCUT2D eigenvalue weighted by molar-refractivity contribution is 6.30. The molecule has 3 rings (SSSR count). The highest BCUT2D eigenvalue weighted by Crippen LogP contribution is 2.26. The molecule has 0 aliphatic heterocycles. The summed E-state index contributed by atoms with van der Waals surface area (Å²) in [4.78, 5) is 24.8. The van der Waals surface area contributed by atoms with Crippen LogP contribution in [0.1, 0.15) is 53.4 Å². The summed E-state index contributed by atoms with van der Waals surface area (Å²) in [5.41, 5.74) is 2.41. The van der Waals surface area contributed by atoms with Gasteiger partial charge in [0.2, 0.25) is 11.7 Å². The van der Waals surface area contributed by atoms with Crippen molar-refractivity contribution in [1.29, 1.82) is 5.26 Å². The number of aromatic nitrogens is 2. The molecule has 2 N–H and O–H groups in total. The number of hydrogen-bond donors (Lipinski definition) is 2. The van der Waals surface area contributed by atoms with Crippen molar-refractivity contribution in [3.63, 3.8) is 0 Å². The lowest BCUT2D eigenvalue weighted by Crippen LogP contribution is -2.25. The molecule has 0 bridgehead atoms. The number of benzene rings is 2. The highest BCUT2D eigenvalue weighted by Gasteiger charge is 2.25. The monoisotopic (exact) mass is 463 g/mol. The highest BCUT2D eigenvalue weighted by atomic mass is 35.5. The van der Waals surface area contributed by atoms with E-state index in [0.717, 1.165) is 12.0 Å². The molecule has 170 valence electrons. The fraction of sp³-hybridized carbons (Fsp3) is 0.280. The fourth-order valence-corrected chi connectivity index (χ4v) is 3.42. The minimum absolute atomic E-state index is 0.0207. The van der Waals surface area contributed by atoms with Gasteiger partial charge in [0, 0.05) is 30.1 Å². The second kappa shape index (κ2) is 11.3. The van der Waals surface area contributed by atoms with Gasteiger partial charge in [-0.2, -0.15) is 10.4 Å². The van der Waals surface area contributed by atoms with E-state index in [4.69, 9.17) is 11.6 Å². The van der Waals surface area contributed by atoms with Crippen LogP contribution in [0, 0.1) is 18.3 Å². The number of ketones is 1. The Morgan fingerprint density at radius 2 is 1.79 bits per heavy atom. The number of amides is 1. The molecule has 0 atom stereocenters. The van der Waals surface area contributed by atoms with Crippen LogP contribution in [0.15, 0.2) is 48.5 Å². The molecule has 0 unspecified atom stereocenters. The molecule has 3 aromatic rings. The average Bonchev–Trinajstić information content (AvgIpc) is 3.18. The van der Waals surface area contributed by atoms with E-state index in [1.807, 2.05) is 26.0 Å². The quantitative estimate of drug-likeness (QED) is 0.336. The van der Waals surface area contributed by atoms with Crippen LogP contribution in [0.25, 0.3) is 5.69 Å². The molecular weight excluding hydrogens is 438 g/mol. The second-order valence-electron chi connectivity index (χ2n) is 7.65. The van der Waals surface area contributed by atoms with E-state index in [1.165, 1.54) is 0 Å². The van der Waals surface area contributed by atoms with E-state index in [2.05, 4.69) is 21.8 Å². The van der Waals surface area contributed by atoms with Gasteiger partial charge in [0.25, 0.3) is 0 Å². The number of nitrogens with zero attached hydrogens (tertiary/aromatic N) is 3. The lowest BCUT2D eigenvalue weighted by Gasteiger charge is -2.11. The minimum Gasteiger partial charge on any atom is -0.369 e. The molecular formula is C25H26ClN5O2. The van der Waals surface area contributed by atoms with E-state index in [-0.39, 0.29) is 22.9 Å². The van der Waals surface area contributed by atoms with Gasteiger partial charge in [-0.3, -0.25) is 9.59 Å². The van der Waals surface area contributed by atoms with Crippen molar-refractivity contribution in [2.24, 2.45) is 0 Å². The number of halogens is 1. The zero-order chi connectivity index (χ0) is 23.8. The van der Waals surface area contributed by atoms with Crippen molar-refractivity contribution in [3.05, 3.63) is 75.9 Å². The van der Waals surface area contributed by atoms with Crippen molar-refractivity contribution in [2.75, 3.05) is 18.4 Å². The smallest absolute Gasteiger partial charge is 0.219 e. The summed E-state index contributed by atoms with van der Waals surface area (Å²) in [6, 6.07) is 16.3. The van der Waals surface area contributed by atoms with Crippen LogP contribution in [0.2, 0.25) is 5.02 Å². The van der Waals surface area contributed by atoms with Crippen molar-refractivity contribution >= 4 is 29.1 Å². The molecule has 0 saturated carbocycles. The van der Waals surface area contributed by atoms with Gasteiger partial charge in [0.15, 0.2) is 5.69 Å². The molecule has 0 fully saturated rings. The van der Waals surface area contributed by atoms with E-state index in [9.17, 15) is 14.9 Å². The summed E-state index contributed by atoms with van der Waals surface area (Å²) >= 11 is 6.03. The van der Waals surface area contributed by atoms with Crippen LogP contribution in [0.5, 0.6) is 0 Å². The molecule has 8 heteroatoms. The third-order valence-corrected chi connectivity index (χ3v) is 5.29. The molecule has 0 spiro atoms. The minimum atomic E-state index is -0.325. The summed E-state index contributed by atoms with van der Waals surface area (Å²) in [6.45, 7) is 4.89. The Balaban J connectivity index is 1.89. The molecule has 1 heterocycles. The maximum Gasteiger partial charge on any atom is 0.219 e. The summed E-state index contributed by atoms with van der Waals surface area (Å²) in [7, 11) is 0. The SMILES string of the molecule is CCCC(=O)NCCCNc1c(C#N)c(C(=O)c2ccc(C)cc2)nn1-c1ccc(Cl)cc1. The summed E-state index contributed by atoms with van der Waals surface area (Å²) in [6.07, 6.45) is 1.95. The molecule has 0 aliphatic carbocycles. The topological polar surface area (TPSA) is 99.8 Å². The number of anilines is 1. The van der Waals surface area contributed by atoms with E-state index in [0.29, 0.717) is 48.0 Å². The van der Waals surface area contributed by atoms with E-state index >= 15 is 0 Å². The Morgan fingerprint density at radius 1 is 1.09 bits per heavy atom. The zero-order valence-electron chi connectivity index (χ0n) is 18.7. The van der Waals surface area contributed by atoms with E-state index < -0.39 is 0 Å². The maximum absolute atomic E-state index is 13.2. The molecule has 0 radical (unpaired) electrons. The number of carbonyl (C=O) groups excluding carboxylic acids is 2. The molecule has 0 aliphatic rings. The maximum atomic E-state index is 13.2. The number of nitriles is 1. The van der Waals surface area contributed by atoms with Gasteiger partial charge in [-0.1, -0.05) is 48.4 Å². The molecule has 33 heavy (non-hydrogen) atoms. The molecule has 7 nitrogen and oxygen atoms in total. The van der Waals surface area contributed by atoms with Crippen molar-refractivity contribution in [3.8, 4) is 11.8 Å². The van der Waals surface area contributed by atoms with Crippen LogP contribution >= 0.6 is 11.6 Å². The summed E-state index contributed by atoms with van der Waals surface area (Å²) in [5.74, 6) is 0.122. The van der Waals surface area contributed by atoms with Gasteiger partial charge in [0.1, 0.15) is 17.5 Å². The third-order valence-electron chi connectivity index (χ3n) is 5.04. The zero-order valence-corrected chi connectivity index (χ0v) is 19.4. The first-order valence-electron chi connectivity index (χ1n) is 10.9. The average molecular weight is 464 g/mol. The normalized spacial score (nSPS) is 10.5. The van der Waals surface area contributed by atoms with Crippen LogP contribution in [-0.2, 0) is 4.79 Å². The standard InChI is InChI=1S/C25H26ClN5O2/c1-3-5-22(32)28-14-4-15-29-25-21(16-27)23(24(33)18-8-6-17(2)7-9-18)30-31(25)20-12-10-19(26)11-13-20/h6-13,29H,3-5,14-15H2,1-2H3,(H,28,32). The largest absolute Gasteiger partial charge is 0.369 e. The van der Waals surface area contributed by atoms with Gasteiger partial charge in [-0.05, 0) is 44.0 Å². The first kappa shape index (κ1) is 24.0. The predicted molar refractivity (Wildman–Crippen MR) is 129 cm³/mol. The first-order chi connectivity index (χ1) is 15.9. The second-order valence-corrected chi connectivity index (χ2v) is 8.08. The van der Waals surface area contributed by atoms with Crippen molar-refractivity contribution in [1.82, 2.24) is 15.1 Å². The van der Waals surface area contributed by atoms with Gasteiger partial charge >= 0.3 is 0 Å². The Kier molecular flexibility index (Phi) is 8.22. The lowest BCUT2D eigenvalue weighted by molar-refractivity contribution is -0.121.